The lowest BCUT2D eigenvalue weighted by molar-refractivity contribution is 0.329. The van der Waals surface area contributed by atoms with E-state index in [-0.39, 0.29) is 6.61 Å². The van der Waals surface area contributed by atoms with Gasteiger partial charge in [-0.05, 0) is 17.7 Å². The lowest BCUT2D eigenvalue weighted by atomic mass is 10.2. The van der Waals surface area contributed by atoms with E-state index >= 15 is 0 Å². The summed E-state index contributed by atoms with van der Waals surface area (Å²) in [5, 5.41) is 9.13. The van der Waals surface area contributed by atoms with Crippen molar-refractivity contribution in [2.24, 2.45) is 0 Å². The highest BCUT2D eigenvalue weighted by Gasteiger charge is 2.04. The molecule has 0 heterocycles. The Bertz CT molecular complexity index is 346. The number of methoxy groups -OCH3 is 1. The summed E-state index contributed by atoms with van der Waals surface area (Å²) in [6.07, 6.45) is 0. The van der Waals surface area contributed by atoms with Gasteiger partial charge in [-0.15, -0.1) is 0 Å². The third-order valence-corrected chi connectivity index (χ3v) is 2.32. The molecule has 0 aliphatic carbocycles. The van der Waals surface area contributed by atoms with Gasteiger partial charge in [-0.3, -0.25) is 0 Å². The van der Waals surface area contributed by atoms with Crippen LogP contribution in [0.2, 0.25) is 0 Å². The van der Waals surface area contributed by atoms with Crippen LogP contribution in [-0.4, -0.2) is 13.7 Å². The Hall–Kier alpha value is -1.21. The molecular formula is C10H10BrNO2. The fraction of sp³-hybridized carbons (Fsp3) is 0.300. The van der Waals surface area contributed by atoms with Gasteiger partial charge < -0.3 is 9.47 Å². The minimum atomic E-state index is 0.0318. The van der Waals surface area contributed by atoms with Crippen LogP contribution in [0.4, 0.5) is 0 Å². The molecule has 0 saturated heterocycles. The van der Waals surface area contributed by atoms with Crippen LogP contribution >= 0.6 is 15.9 Å². The summed E-state index contributed by atoms with van der Waals surface area (Å²) in [6.45, 7) is 0.0318. The van der Waals surface area contributed by atoms with Crippen molar-refractivity contribution in [1.29, 1.82) is 5.26 Å². The molecule has 0 N–H and O–H groups in total. The Morgan fingerprint density at radius 2 is 2.21 bits per heavy atom. The van der Waals surface area contributed by atoms with E-state index in [0.717, 1.165) is 10.9 Å². The van der Waals surface area contributed by atoms with Crippen molar-refractivity contribution in [2.45, 2.75) is 5.33 Å². The molecule has 3 nitrogen and oxygen atoms in total. The number of ether oxygens (including phenoxy) is 2. The van der Waals surface area contributed by atoms with Gasteiger partial charge in [0.05, 0.1) is 7.11 Å². The Balaban J connectivity index is 2.88. The van der Waals surface area contributed by atoms with Crippen molar-refractivity contribution >= 4 is 15.9 Å². The fourth-order valence-corrected chi connectivity index (χ4v) is 1.37. The molecule has 74 valence electrons. The summed E-state index contributed by atoms with van der Waals surface area (Å²) < 4.78 is 10.3. The van der Waals surface area contributed by atoms with Crippen LogP contribution in [0, 0.1) is 11.3 Å². The molecule has 0 fully saturated rings. The molecule has 1 aromatic rings. The number of benzene rings is 1. The van der Waals surface area contributed by atoms with E-state index in [1.165, 1.54) is 0 Å². The van der Waals surface area contributed by atoms with Crippen LogP contribution in [0.15, 0.2) is 18.2 Å². The second-order valence-electron chi connectivity index (χ2n) is 2.57. The van der Waals surface area contributed by atoms with Crippen LogP contribution in [0.25, 0.3) is 0 Å². The zero-order valence-electron chi connectivity index (χ0n) is 7.79. The van der Waals surface area contributed by atoms with Gasteiger partial charge in [0.1, 0.15) is 6.07 Å². The minimum Gasteiger partial charge on any atom is -0.493 e. The molecule has 0 atom stereocenters. The second kappa shape index (κ2) is 5.51. The number of hydrogen-bond acceptors (Lipinski definition) is 3. The molecule has 0 aliphatic rings. The van der Waals surface area contributed by atoms with Crippen molar-refractivity contribution in [3.63, 3.8) is 0 Å². The number of nitriles is 1. The smallest absolute Gasteiger partial charge is 0.174 e. The van der Waals surface area contributed by atoms with E-state index in [9.17, 15) is 0 Å². The molecule has 0 saturated carbocycles. The quantitative estimate of drug-likeness (QED) is 0.777. The fourth-order valence-electron chi connectivity index (χ4n) is 1.02. The first kappa shape index (κ1) is 10.9. The monoisotopic (exact) mass is 255 g/mol. The van der Waals surface area contributed by atoms with Gasteiger partial charge in [-0.2, -0.15) is 5.26 Å². The van der Waals surface area contributed by atoms with Crippen molar-refractivity contribution in [3.8, 4) is 17.6 Å². The Morgan fingerprint density at radius 1 is 1.43 bits per heavy atom. The predicted molar refractivity (Wildman–Crippen MR) is 56.7 cm³/mol. The number of rotatable bonds is 4. The Kier molecular flexibility index (Phi) is 4.27. The second-order valence-corrected chi connectivity index (χ2v) is 3.13. The van der Waals surface area contributed by atoms with Gasteiger partial charge >= 0.3 is 0 Å². The van der Waals surface area contributed by atoms with Crippen LogP contribution < -0.4 is 9.47 Å². The van der Waals surface area contributed by atoms with E-state index in [0.29, 0.717) is 11.5 Å². The van der Waals surface area contributed by atoms with Gasteiger partial charge in [0, 0.05) is 5.33 Å². The molecule has 0 bridgehead atoms. The van der Waals surface area contributed by atoms with E-state index in [2.05, 4.69) is 15.9 Å². The number of hydrogen-bond donors (Lipinski definition) is 0. The first-order chi connectivity index (χ1) is 6.81. The van der Waals surface area contributed by atoms with Crippen LogP contribution in [-0.2, 0) is 5.33 Å². The predicted octanol–water partition coefficient (Wildman–Crippen LogP) is 2.49. The topological polar surface area (TPSA) is 42.2 Å². The molecule has 1 aromatic carbocycles. The van der Waals surface area contributed by atoms with E-state index in [1.807, 2.05) is 18.2 Å². The Morgan fingerprint density at radius 3 is 2.79 bits per heavy atom. The molecule has 0 unspecified atom stereocenters. The Labute approximate surface area is 91.4 Å². The summed E-state index contributed by atoms with van der Waals surface area (Å²) >= 11 is 3.35. The normalized spacial score (nSPS) is 9.21. The van der Waals surface area contributed by atoms with Crippen LogP contribution in [0.3, 0.4) is 0 Å². The minimum absolute atomic E-state index is 0.0318. The first-order valence-electron chi connectivity index (χ1n) is 4.04. The molecule has 0 spiro atoms. The van der Waals surface area contributed by atoms with Gasteiger partial charge in [0.15, 0.2) is 18.1 Å². The van der Waals surface area contributed by atoms with Crippen molar-refractivity contribution in [1.82, 2.24) is 0 Å². The van der Waals surface area contributed by atoms with Crippen molar-refractivity contribution in [2.75, 3.05) is 13.7 Å². The summed E-state index contributed by atoms with van der Waals surface area (Å²) in [5.74, 6) is 1.25. The molecule has 1 rings (SSSR count). The van der Waals surface area contributed by atoms with E-state index in [1.54, 1.807) is 13.2 Å². The molecule has 0 radical (unpaired) electrons. The standard InChI is InChI=1S/C10H10BrNO2/c1-13-10-6-8(7-11)2-3-9(10)14-5-4-12/h2-3,6H,5,7H2,1H3. The molecule has 0 aromatic heterocycles. The van der Waals surface area contributed by atoms with Gasteiger partial charge in [0.2, 0.25) is 0 Å². The zero-order chi connectivity index (χ0) is 10.4. The lowest BCUT2D eigenvalue weighted by Crippen LogP contribution is -1.97. The summed E-state index contributed by atoms with van der Waals surface area (Å²) in [4.78, 5) is 0. The number of nitrogens with zero attached hydrogens (tertiary/aromatic N) is 1. The maximum absolute atomic E-state index is 8.37. The molecule has 14 heavy (non-hydrogen) atoms. The van der Waals surface area contributed by atoms with Crippen LogP contribution in [0.5, 0.6) is 11.5 Å². The maximum Gasteiger partial charge on any atom is 0.174 e. The third kappa shape index (κ3) is 2.64. The highest BCUT2D eigenvalue weighted by atomic mass is 79.9. The molecular weight excluding hydrogens is 246 g/mol. The SMILES string of the molecule is COc1cc(CBr)ccc1OCC#N. The molecule has 4 heteroatoms. The van der Waals surface area contributed by atoms with Gasteiger partial charge in [0.25, 0.3) is 0 Å². The van der Waals surface area contributed by atoms with Crippen LogP contribution in [0.1, 0.15) is 5.56 Å². The average molecular weight is 256 g/mol. The molecule has 0 aliphatic heterocycles. The van der Waals surface area contributed by atoms with E-state index in [4.69, 9.17) is 14.7 Å². The zero-order valence-corrected chi connectivity index (χ0v) is 9.37. The van der Waals surface area contributed by atoms with Gasteiger partial charge in [-0.25, -0.2) is 0 Å². The van der Waals surface area contributed by atoms with Crippen molar-refractivity contribution in [3.05, 3.63) is 23.8 Å². The lowest BCUT2D eigenvalue weighted by Gasteiger charge is -2.08. The highest BCUT2D eigenvalue weighted by molar-refractivity contribution is 9.08. The summed E-state index contributed by atoms with van der Waals surface area (Å²) in [5.41, 5.74) is 1.10. The maximum atomic E-state index is 8.37. The number of halogens is 1. The highest BCUT2D eigenvalue weighted by Crippen LogP contribution is 2.28. The van der Waals surface area contributed by atoms with Crippen molar-refractivity contribution < 1.29 is 9.47 Å². The van der Waals surface area contributed by atoms with E-state index < -0.39 is 0 Å². The molecule has 0 amide bonds. The average Bonchev–Trinajstić information content (AvgIpc) is 2.26. The first-order valence-corrected chi connectivity index (χ1v) is 5.16. The summed E-state index contributed by atoms with van der Waals surface area (Å²) in [6, 6.07) is 7.50. The number of alkyl halides is 1. The summed E-state index contributed by atoms with van der Waals surface area (Å²) in [7, 11) is 1.58. The van der Waals surface area contributed by atoms with Gasteiger partial charge in [-0.1, -0.05) is 22.0 Å². The third-order valence-electron chi connectivity index (χ3n) is 1.67. The largest absolute Gasteiger partial charge is 0.493 e.